The largest absolute Gasteiger partial charge is 0.443 e. The minimum atomic E-state index is -2.66. The summed E-state index contributed by atoms with van der Waals surface area (Å²) in [6.45, 7) is 13.0. The Bertz CT molecular complexity index is 908. The lowest BCUT2D eigenvalue weighted by atomic mass is 9.99. The molecule has 33 heavy (non-hydrogen) atoms. The SMILES string of the molecule is CC(C)(C)OC(=O)N1CC(CO[Si](c2ccccc2)(c2ccccc2)C(C)(C)C)CCC1=O. The zero-order valence-electron chi connectivity index (χ0n) is 20.8. The number of benzene rings is 2. The van der Waals surface area contributed by atoms with Gasteiger partial charge in [-0.2, -0.15) is 0 Å². The summed E-state index contributed by atoms with van der Waals surface area (Å²) in [4.78, 5) is 26.3. The van der Waals surface area contributed by atoms with Gasteiger partial charge in [-0.25, -0.2) is 9.69 Å². The molecule has 0 saturated carbocycles. The fraction of sp³-hybridized carbons (Fsp3) is 0.481. The molecule has 2 aromatic rings. The quantitative estimate of drug-likeness (QED) is 0.596. The number of amides is 2. The van der Waals surface area contributed by atoms with E-state index < -0.39 is 20.0 Å². The van der Waals surface area contributed by atoms with E-state index in [0.29, 0.717) is 26.0 Å². The van der Waals surface area contributed by atoms with Crippen LogP contribution in [0.2, 0.25) is 5.04 Å². The topological polar surface area (TPSA) is 55.8 Å². The molecule has 2 amide bonds. The van der Waals surface area contributed by atoms with E-state index in [4.69, 9.17) is 9.16 Å². The molecule has 3 rings (SSSR count). The zero-order valence-corrected chi connectivity index (χ0v) is 21.8. The van der Waals surface area contributed by atoms with Gasteiger partial charge >= 0.3 is 6.09 Å². The second kappa shape index (κ2) is 9.81. The first-order chi connectivity index (χ1) is 15.4. The van der Waals surface area contributed by atoms with Crippen LogP contribution < -0.4 is 10.4 Å². The first-order valence-electron chi connectivity index (χ1n) is 11.7. The molecule has 1 heterocycles. The zero-order chi connectivity index (χ0) is 24.3. The predicted molar refractivity (Wildman–Crippen MR) is 134 cm³/mol. The lowest BCUT2D eigenvalue weighted by Crippen LogP contribution is -2.67. The molecule has 0 aromatic heterocycles. The molecule has 1 saturated heterocycles. The third-order valence-electron chi connectivity index (χ3n) is 6.07. The molecule has 1 aliphatic rings. The van der Waals surface area contributed by atoms with Crippen LogP contribution in [0.25, 0.3) is 0 Å². The monoisotopic (exact) mass is 467 g/mol. The van der Waals surface area contributed by atoms with Crippen molar-refractivity contribution in [3.63, 3.8) is 0 Å². The van der Waals surface area contributed by atoms with Crippen LogP contribution in [-0.4, -0.2) is 44.0 Å². The van der Waals surface area contributed by atoms with Gasteiger partial charge in [-0.15, -0.1) is 0 Å². The second-order valence-corrected chi connectivity index (χ2v) is 15.2. The number of piperidine rings is 1. The van der Waals surface area contributed by atoms with Crippen LogP contribution in [0.5, 0.6) is 0 Å². The molecule has 0 radical (unpaired) electrons. The van der Waals surface area contributed by atoms with E-state index in [0.717, 1.165) is 0 Å². The summed E-state index contributed by atoms with van der Waals surface area (Å²) >= 11 is 0. The Morgan fingerprint density at radius 3 is 1.91 bits per heavy atom. The Morgan fingerprint density at radius 1 is 0.939 bits per heavy atom. The molecule has 5 nitrogen and oxygen atoms in total. The Kier molecular flexibility index (Phi) is 7.49. The van der Waals surface area contributed by atoms with Crippen molar-refractivity contribution in [1.29, 1.82) is 0 Å². The number of rotatable bonds is 5. The van der Waals surface area contributed by atoms with Gasteiger partial charge in [0.05, 0.1) is 0 Å². The predicted octanol–water partition coefficient (Wildman–Crippen LogP) is 4.74. The summed E-state index contributed by atoms with van der Waals surface area (Å²) in [5, 5.41) is 2.32. The summed E-state index contributed by atoms with van der Waals surface area (Å²) < 4.78 is 12.5. The maximum atomic E-state index is 12.6. The van der Waals surface area contributed by atoms with E-state index in [1.807, 2.05) is 32.9 Å². The summed E-state index contributed by atoms with van der Waals surface area (Å²) in [5.41, 5.74) is -0.643. The smallest absolute Gasteiger partial charge is 0.417 e. The van der Waals surface area contributed by atoms with Crippen molar-refractivity contribution in [2.24, 2.45) is 5.92 Å². The van der Waals surface area contributed by atoms with E-state index in [9.17, 15) is 9.59 Å². The molecule has 0 spiro atoms. The number of likely N-dealkylation sites (tertiary alicyclic amines) is 1. The van der Waals surface area contributed by atoms with Crippen molar-refractivity contribution in [2.75, 3.05) is 13.2 Å². The van der Waals surface area contributed by atoms with Crippen molar-refractivity contribution in [3.05, 3.63) is 60.7 Å². The van der Waals surface area contributed by atoms with Crippen molar-refractivity contribution < 1.29 is 18.8 Å². The van der Waals surface area contributed by atoms with Crippen molar-refractivity contribution in [1.82, 2.24) is 4.90 Å². The third kappa shape index (κ3) is 5.74. The molecule has 1 atom stereocenters. The maximum Gasteiger partial charge on any atom is 0.417 e. The van der Waals surface area contributed by atoms with Crippen molar-refractivity contribution in [2.45, 2.75) is 65.0 Å². The molecular weight excluding hydrogens is 430 g/mol. The maximum absolute atomic E-state index is 12.6. The number of hydrogen-bond donors (Lipinski definition) is 0. The van der Waals surface area contributed by atoms with E-state index in [1.54, 1.807) is 0 Å². The van der Waals surface area contributed by atoms with Crippen LogP contribution >= 0.6 is 0 Å². The first kappa shape index (κ1) is 25.2. The van der Waals surface area contributed by atoms with E-state index in [2.05, 4.69) is 69.3 Å². The summed E-state index contributed by atoms with van der Waals surface area (Å²) in [5.74, 6) is -0.109. The number of carbonyl (C=O) groups excluding carboxylic acids is 2. The molecule has 6 heteroatoms. The minimum Gasteiger partial charge on any atom is -0.443 e. The van der Waals surface area contributed by atoms with Crippen LogP contribution in [0, 0.1) is 5.92 Å². The molecular formula is C27H37NO4Si. The first-order valence-corrected chi connectivity index (χ1v) is 13.6. The minimum absolute atomic E-state index is 0.0665. The Balaban J connectivity index is 1.89. The number of ether oxygens (including phenoxy) is 1. The highest BCUT2D eigenvalue weighted by Crippen LogP contribution is 2.37. The summed E-state index contributed by atoms with van der Waals surface area (Å²) in [7, 11) is -2.66. The number of hydrogen-bond acceptors (Lipinski definition) is 4. The van der Waals surface area contributed by atoms with Crippen LogP contribution in [0.15, 0.2) is 60.7 Å². The van der Waals surface area contributed by atoms with Gasteiger partial charge in [0.1, 0.15) is 5.60 Å². The number of nitrogens with zero attached hydrogens (tertiary/aromatic N) is 1. The normalized spacial score (nSPS) is 17.7. The van der Waals surface area contributed by atoms with Crippen LogP contribution in [0.1, 0.15) is 54.4 Å². The highest BCUT2D eigenvalue weighted by Gasteiger charge is 2.50. The Labute approximate surface area is 199 Å². The summed E-state index contributed by atoms with van der Waals surface area (Å²) in [6, 6.07) is 21.0. The van der Waals surface area contributed by atoms with Crippen molar-refractivity contribution >= 4 is 30.7 Å². The molecule has 1 aliphatic heterocycles. The molecule has 0 N–H and O–H groups in total. The van der Waals surface area contributed by atoms with Crippen LogP contribution in [-0.2, 0) is 14.0 Å². The van der Waals surface area contributed by atoms with Gasteiger partial charge in [0, 0.05) is 19.6 Å². The van der Waals surface area contributed by atoms with E-state index in [1.165, 1.54) is 15.3 Å². The van der Waals surface area contributed by atoms with Gasteiger partial charge in [-0.3, -0.25) is 4.79 Å². The Hall–Kier alpha value is -2.44. The molecule has 1 unspecified atom stereocenters. The molecule has 2 aromatic carbocycles. The van der Waals surface area contributed by atoms with Gasteiger partial charge in [-0.05, 0) is 48.5 Å². The number of carbonyl (C=O) groups is 2. The third-order valence-corrected chi connectivity index (χ3v) is 11.1. The van der Waals surface area contributed by atoms with Gasteiger partial charge in [0.2, 0.25) is 5.91 Å². The second-order valence-electron chi connectivity index (χ2n) is 10.9. The standard InChI is InChI=1S/C27H37NO4Si/c1-26(2,3)32-25(30)28-19-21(17-18-24(28)29)20-31-33(27(4,5)6,22-13-9-7-10-14-22)23-15-11-8-12-16-23/h7-16,21H,17-20H2,1-6H3. The lowest BCUT2D eigenvalue weighted by Gasteiger charge is -2.44. The average molecular weight is 468 g/mol. The Morgan fingerprint density at radius 2 is 1.45 bits per heavy atom. The number of imide groups is 1. The van der Waals surface area contributed by atoms with Crippen LogP contribution in [0.4, 0.5) is 4.79 Å². The molecule has 0 aliphatic carbocycles. The van der Waals surface area contributed by atoms with Gasteiger partial charge in [0.15, 0.2) is 0 Å². The van der Waals surface area contributed by atoms with Crippen LogP contribution in [0.3, 0.4) is 0 Å². The molecule has 0 bridgehead atoms. The highest BCUT2D eigenvalue weighted by atomic mass is 28.4. The lowest BCUT2D eigenvalue weighted by molar-refractivity contribution is -0.134. The summed E-state index contributed by atoms with van der Waals surface area (Å²) in [6.07, 6.45) is 0.465. The van der Waals surface area contributed by atoms with E-state index >= 15 is 0 Å². The van der Waals surface area contributed by atoms with E-state index in [-0.39, 0.29) is 16.9 Å². The molecule has 178 valence electrons. The average Bonchev–Trinajstić information content (AvgIpc) is 2.74. The fourth-order valence-corrected chi connectivity index (χ4v) is 9.19. The highest BCUT2D eigenvalue weighted by molar-refractivity contribution is 6.99. The van der Waals surface area contributed by atoms with Gasteiger partial charge in [-0.1, -0.05) is 81.4 Å². The van der Waals surface area contributed by atoms with Gasteiger partial charge < -0.3 is 9.16 Å². The van der Waals surface area contributed by atoms with Crippen molar-refractivity contribution in [3.8, 4) is 0 Å². The van der Waals surface area contributed by atoms with Gasteiger partial charge in [0.25, 0.3) is 8.32 Å². The molecule has 1 fully saturated rings. The fourth-order valence-electron chi connectivity index (χ4n) is 4.55.